The Morgan fingerprint density at radius 1 is 1.25 bits per heavy atom. The molecule has 4 nitrogen and oxygen atoms in total. The average Bonchev–Trinajstić information content (AvgIpc) is 2.53. The number of benzene rings is 2. The molecule has 1 aliphatic heterocycles. The fourth-order valence-corrected chi connectivity index (χ4v) is 2.56. The van der Waals surface area contributed by atoms with Crippen molar-refractivity contribution in [2.24, 2.45) is 0 Å². The zero-order valence-electron chi connectivity index (χ0n) is 11.0. The van der Waals surface area contributed by atoms with E-state index in [-0.39, 0.29) is 0 Å². The van der Waals surface area contributed by atoms with Crippen LogP contribution in [0.1, 0.15) is 5.56 Å². The van der Waals surface area contributed by atoms with E-state index in [1.165, 1.54) is 0 Å². The van der Waals surface area contributed by atoms with Gasteiger partial charge in [-0.1, -0.05) is 30.3 Å². The zero-order chi connectivity index (χ0) is 14.2. The molecule has 20 heavy (non-hydrogen) atoms. The normalized spacial score (nSPS) is 19.2. The quantitative estimate of drug-likeness (QED) is 0.908. The van der Waals surface area contributed by atoms with Crippen LogP contribution in [0, 0.1) is 11.3 Å². The Labute approximate surface area is 116 Å². The van der Waals surface area contributed by atoms with Gasteiger partial charge in [0, 0.05) is 5.56 Å². The van der Waals surface area contributed by atoms with E-state index < -0.39 is 12.2 Å². The molecule has 0 fully saturated rings. The number of aliphatic hydroxyl groups excluding tert-OH is 1. The Bertz CT molecular complexity index is 705. The third-order valence-electron chi connectivity index (χ3n) is 3.53. The van der Waals surface area contributed by atoms with E-state index in [1.54, 1.807) is 25.3 Å². The fraction of sp³-hybridized carbons (Fsp3) is 0.188. The van der Waals surface area contributed by atoms with Crippen LogP contribution in [0.3, 0.4) is 0 Å². The summed E-state index contributed by atoms with van der Waals surface area (Å²) in [6.07, 6.45) is 0. The number of nitrogens with zero attached hydrogens (tertiary/aromatic N) is 1. The van der Waals surface area contributed by atoms with Crippen molar-refractivity contribution in [1.82, 2.24) is 0 Å². The predicted octanol–water partition coefficient (Wildman–Crippen LogP) is 2.47. The molecule has 0 bridgehead atoms. The summed E-state index contributed by atoms with van der Waals surface area (Å²) in [5, 5.41) is 19.1. The van der Waals surface area contributed by atoms with Gasteiger partial charge in [0.25, 0.3) is 0 Å². The summed E-state index contributed by atoms with van der Waals surface area (Å²) >= 11 is 0. The first-order valence-corrected chi connectivity index (χ1v) is 6.24. The summed E-state index contributed by atoms with van der Waals surface area (Å²) in [4.78, 5) is 0. The first kappa shape index (κ1) is 12.5. The lowest BCUT2D eigenvalue weighted by Crippen LogP contribution is -2.38. The molecule has 0 aliphatic carbocycles. The standard InChI is InChI=1S/C16H13NO3/c1-19-13-7-4-8-14-15(13)11-5-2-3-6-12(11)16(9-17,10-18)20-14/h2-8,18H,10H2,1H3. The van der Waals surface area contributed by atoms with Gasteiger partial charge in [0.2, 0.25) is 5.60 Å². The van der Waals surface area contributed by atoms with Crippen LogP contribution in [-0.4, -0.2) is 18.8 Å². The van der Waals surface area contributed by atoms with Crippen LogP contribution < -0.4 is 9.47 Å². The number of hydrogen-bond acceptors (Lipinski definition) is 4. The van der Waals surface area contributed by atoms with E-state index in [9.17, 15) is 10.4 Å². The lowest BCUT2D eigenvalue weighted by molar-refractivity contribution is 0.0519. The van der Waals surface area contributed by atoms with Gasteiger partial charge in [-0.3, -0.25) is 0 Å². The van der Waals surface area contributed by atoms with Gasteiger partial charge in [-0.2, -0.15) is 5.26 Å². The minimum Gasteiger partial charge on any atom is -0.496 e. The van der Waals surface area contributed by atoms with Gasteiger partial charge in [-0.15, -0.1) is 0 Å². The van der Waals surface area contributed by atoms with Gasteiger partial charge in [-0.25, -0.2) is 0 Å². The SMILES string of the molecule is COc1cccc2c1-c1ccccc1C(C#N)(CO)O2. The maximum atomic E-state index is 9.66. The molecule has 0 spiro atoms. The van der Waals surface area contributed by atoms with Crippen molar-refractivity contribution < 1.29 is 14.6 Å². The van der Waals surface area contributed by atoms with E-state index >= 15 is 0 Å². The number of fused-ring (bicyclic) bond motifs is 3. The largest absolute Gasteiger partial charge is 0.496 e. The molecule has 3 rings (SSSR count). The number of ether oxygens (including phenoxy) is 2. The number of nitriles is 1. The van der Waals surface area contributed by atoms with Crippen molar-refractivity contribution in [2.75, 3.05) is 13.7 Å². The Balaban J connectivity index is 2.35. The van der Waals surface area contributed by atoms with Crippen molar-refractivity contribution >= 4 is 0 Å². The zero-order valence-corrected chi connectivity index (χ0v) is 11.0. The number of rotatable bonds is 2. The Morgan fingerprint density at radius 2 is 2.05 bits per heavy atom. The van der Waals surface area contributed by atoms with Crippen molar-refractivity contribution in [2.45, 2.75) is 5.60 Å². The fourth-order valence-electron chi connectivity index (χ4n) is 2.56. The molecule has 1 N–H and O–H groups in total. The molecule has 2 aromatic rings. The minimum absolute atomic E-state index is 0.406. The van der Waals surface area contributed by atoms with Crippen LogP contribution in [-0.2, 0) is 5.60 Å². The van der Waals surface area contributed by atoms with Crippen molar-refractivity contribution in [3.63, 3.8) is 0 Å². The molecule has 0 saturated heterocycles. The molecule has 1 unspecified atom stereocenters. The highest BCUT2D eigenvalue weighted by Crippen LogP contribution is 2.48. The molecule has 2 aromatic carbocycles. The lowest BCUT2D eigenvalue weighted by Gasteiger charge is -2.34. The Hall–Kier alpha value is -2.51. The third kappa shape index (κ3) is 1.57. The highest BCUT2D eigenvalue weighted by Gasteiger charge is 2.41. The maximum absolute atomic E-state index is 9.66. The Kier molecular flexibility index (Phi) is 2.85. The lowest BCUT2D eigenvalue weighted by atomic mass is 9.85. The van der Waals surface area contributed by atoms with E-state index in [0.29, 0.717) is 17.1 Å². The van der Waals surface area contributed by atoms with Gasteiger partial charge in [0.1, 0.15) is 24.2 Å². The summed E-state index contributed by atoms with van der Waals surface area (Å²) in [5.74, 6) is 1.22. The van der Waals surface area contributed by atoms with Crippen molar-refractivity contribution in [3.05, 3.63) is 48.0 Å². The van der Waals surface area contributed by atoms with Crippen LogP contribution in [0.4, 0.5) is 0 Å². The minimum atomic E-state index is -1.37. The van der Waals surface area contributed by atoms with Gasteiger partial charge in [0.05, 0.1) is 12.7 Å². The predicted molar refractivity (Wildman–Crippen MR) is 73.4 cm³/mol. The molecule has 0 amide bonds. The maximum Gasteiger partial charge on any atom is 0.242 e. The highest BCUT2D eigenvalue weighted by molar-refractivity contribution is 5.82. The second kappa shape index (κ2) is 4.55. The number of methoxy groups -OCH3 is 1. The van der Waals surface area contributed by atoms with E-state index in [1.807, 2.05) is 24.3 Å². The average molecular weight is 267 g/mol. The molecule has 1 heterocycles. The number of aliphatic hydroxyl groups is 1. The first-order valence-electron chi connectivity index (χ1n) is 6.24. The molecule has 4 heteroatoms. The molecule has 0 saturated carbocycles. The molecule has 0 radical (unpaired) electrons. The van der Waals surface area contributed by atoms with Crippen LogP contribution in [0.5, 0.6) is 11.5 Å². The molecular formula is C16H13NO3. The molecule has 1 aliphatic rings. The van der Waals surface area contributed by atoms with Crippen molar-refractivity contribution in [1.29, 1.82) is 5.26 Å². The second-order valence-electron chi connectivity index (χ2n) is 4.58. The summed E-state index contributed by atoms with van der Waals surface area (Å²) < 4.78 is 11.2. The summed E-state index contributed by atoms with van der Waals surface area (Å²) in [6, 6.07) is 14.9. The van der Waals surface area contributed by atoms with E-state index in [2.05, 4.69) is 6.07 Å². The second-order valence-corrected chi connectivity index (χ2v) is 4.58. The van der Waals surface area contributed by atoms with Crippen LogP contribution in [0.25, 0.3) is 11.1 Å². The third-order valence-corrected chi connectivity index (χ3v) is 3.53. The van der Waals surface area contributed by atoms with Crippen LogP contribution in [0.15, 0.2) is 42.5 Å². The van der Waals surface area contributed by atoms with Gasteiger partial charge in [0.15, 0.2) is 0 Å². The Morgan fingerprint density at radius 3 is 2.75 bits per heavy atom. The summed E-state index contributed by atoms with van der Waals surface area (Å²) in [5.41, 5.74) is 0.949. The van der Waals surface area contributed by atoms with E-state index in [0.717, 1.165) is 11.1 Å². The summed E-state index contributed by atoms with van der Waals surface area (Å²) in [7, 11) is 1.59. The van der Waals surface area contributed by atoms with Gasteiger partial charge >= 0.3 is 0 Å². The monoisotopic (exact) mass is 267 g/mol. The van der Waals surface area contributed by atoms with Crippen LogP contribution in [0.2, 0.25) is 0 Å². The number of hydrogen-bond donors (Lipinski definition) is 1. The topological polar surface area (TPSA) is 62.5 Å². The van der Waals surface area contributed by atoms with E-state index in [4.69, 9.17) is 9.47 Å². The smallest absolute Gasteiger partial charge is 0.242 e. The summed E-state index contributed by atoms with van der Waals surface area (Å²) in [6.45, 7) is -0.406. The van der Waals surface area contributed by atoms with Crippen LogP contribution >= 0.6 is 0 Å². The first-order chi connectivity index (χ1) is 9.75. The van der Waals surface area contributed by atoms with Crippen molar-refractivity contribution in [3.8, 4) is 28.7 Å². The molecule has 0 aromatic heterocycles. The molecule has 1 atom stereocenters. The highest BCUT2D eigenvalue weighted by atomic mass is 16.5. The molecule has 100 valence electrons. The van der Waals surface area contributed by atoms with Gasteiger partial charge < -0.3 is 14.6 Å². The van der Waals surface area contributed by atoms with Gasteiger partial charge in [-0.05, 0) is 17.7 Å². The molecular weight excluding hydrogens is 254 g/mol.